The molecule has 0 amide bonds. The van der Waals surface area contributed by atoms with Crippen molar-refractivity contribution >= 4 is 15.9 Å². The summed E-state index contributed by atoms with van der Waals surface area (Å²) in [4.78, 5) is 0. The summed E-state index contributed by atoms with van der Waals surface area (Å²) in [5.41, 5.74) is 0.857. The number of epoxide rings is 1. The van der Waals surface area contributed by atoms with E-state index in [9.17, 15) is 0 Å². The van der Waals surface area contributed by atoms with Crippen molar-refractivity contribution in [3.05, 3.63) is 16.4 Å². The molecule has 3 unspecified atom stereocenters. The molecule has 5 heteroatoms. The van der Waals surface area contributed by atoms with Crippen LogP contribution in [0.5, 0.6) is 0 Å². The minimum Gasteiger partial charge on any atom is -0.372 e. The topological polar surface area (TPSA) is 39.6 Å². The Morgan fingerprint density at radius 2 is 2.50 bits per heavy atom. The average molecular weight is 259 g/mol. The normalized spacial score (nSPS) is 39.9. The predicted molar refractivity (Wildman–Crippen MR) is 52.9 cm³/mol. The van der Waals surface area contributed by atoms with Gasteiger partial charge in [-0.1, -0.05) is 0 Å². The molecule has 14 heavy (non-hydrogen) atoms. The van der Waals surface area contributed by atoms with Crippen LogP contribution in [0.1, 0.15) is 12.6 Å². The van der Waals surface area contributed by atoms with Gasteiger partial charge >= 0.3 is 0 Å². The van der Waals surface area contributed by atoms with Crippen molar-refractivity contribution in [1.82, 2.24) is 9.78 Å². The predicted octanol–water partition coefficient (Wildman–Crippen LogP) is 1.20. The molecule has 2 saturated heterocycles. The first-order valence-corrected chi connectivity index (χ1v) is 5.42. The van der Waals surface area contributed by atoms with Gasteiger partial charge in [-0.05, 0) is 22.9 Å². The van der Waals surface area contributed by atoms with Crippen molar-refractivity contribution < 1.29 is 9.47 Å². The number of halogens is 1. The Kier molecular flexibility index (Phi) is 1.64. The van der Waals surface area contributed by atoms with Crippen LogP contribution in [0.15, 0.2) is 10.7 Å². The number of hydrogen-bond donors (Lipinski definition) is 0. The van der Waals surface area contributed by atoms with Crippen LogP contribution in [0.3, 0.4) is 0 Å². The van der Waals surface area contributed by atoms with Crippen LogP contribution in [0, 0.1) is 0 Å². The summed E-state index contributed by atoms with van der Waals surface area (Å²) in [5, 5.41) is 4.19. The van der Waals surface area contributed by atoms with Gasteiger partial charge < -0.3 is 9.47 Å². The van der Waals surface area contributed by atoms with Crippen molar-refractivity contribution in [2.45, 2.75) is 24.7 Å². The quantitative estimate of drug-likeness (QED) is 0.711. The molecule has 2 fully saturated rings. The van der Waals surface area contributed by atoms with Crippen LogP contribution < -0.4 is 0 Å². The van der Waals surface area contributed by atoms with Gasteiger partial charge in [0.1, 0.15) is 6.10 Å². The molecule has 3 atom stereocenters. The van der Waals surface area contributed by atoms with Gasteiger partial charge in [-0.15, -0.1) is 0 Å². The number of rotatable bonds is 1. The zero-order chi connectivity index (χ0) is 9.92. The summed E-state index contributed by atoms with van der Waals surface area (Å²) in [6.45, 7) is 2.68. The Morgan fingerprint density at radius 3 is 2.93 bits per heavy atom. The summed E-state index contributed by atoms with van der Waals surface area (Å²) in [6, 6.07) is 0. The zero-order valence-electron chi connectivity index (χ0n) is 8.03. The number of hydrogen-bond acceptors (Lipinski definition) is 3. The highest BCUT2D eigenvalue weighted by molar-refractivity contribution is 9.10. The largest absolute Gasteiger partial charge is 0.372 e. The third-order valence-electron chi connectivity index (χ3n) is 3.02. The van der Waals surface area contributed by atoms with Gasteiger partial charge in [-0.25, -0.2) is 0 Å². The van der Waals surface area contributed by atoms with Crippen molar-refractivity contribution in [3.63, 3.8) is 0 Å². The van der Waals surface area contributed by atoms with Gasteiger partial charge in [0.05, 0.1) is 29.1 Å². The maximum absolute atomic E-state index is 5.74. The van der Waals surface area contributed by atoms with E-state index in [1.807, 2.05) is 18.7 Å². The minimum absolute atomic E-state index is 0.191. The molecule has 4 nitrogen and oxygen atoms in total. The highest BCUT2D eigenvalue weighted by Crippen LogP contribution is 2.54. The Morgan fingerprint density at radius 1 is 1.71 bits per heavy atom. The first-order valence-electron chi connectivity index (χ1n) is 4.62. The van der Waals surface area contributed by atoms with Gasteiger partial charge in [0, 0.05) is 7.05 Å². The molecule has 2 aliphatic rings. The Balaban J connectivity index is 2.05. The molecule has 0 spiro atoms. The van der Waals surface area contributed by atoms with E-state index in [0.29, 0.717) is 6.61 Å². The molecular weight excluding hydrogens is 248 g/mol. The zero-order valence-corrected chi connectivity index (χ0v) is 9.61. The van der Waals surface area contributed by atoms with Crippen LogP contribution in [-0.4, -0.2) is 28.6 Å². The number of ether oxygens (including phenoxy) is 2. The molecule has 76 valence electrons. The molecule has 3 rings (SSSR count). The monoisotopic (exact) mass is 258 g/mol. The van der Waals surface area contributed by atoms with E-state index in [0.717, 1.165) is 10.2 Å². The molecule has 1 aromatic rings. The molecule has 0 aromatic carbocycles. The van der Waals surface area contributed by atoms with Crippen molar-refractivity contribution in [1.29, 1.82) is 0 Å². The van der Waals surface area contributed by atoms with Crippen molar-refractivity contribution in [2.24, 2.45) is 7.05 Å². The van der Waals surface area contributed by atoms with Gasteiger partial charge in [-0.3, -0.25) is 4.68 Å². The lowest BCUT2D eigenvalue weighted by Crippen LogP contribution is -2.18. The summed E-state index contributed by atoms with van der Waals surface area (Å²) in [7, 11) is 1.93. The maximum atomic E-state index is 5.74. The molecule has 0 saturated carbocycles. The molecule has 0 N–H and O–H groups in total. The average Bonchev–Trinajstić information content (AvgIpc) is 2.67. The SMILES string of the molecule is CC1OCC2(c3c(Br)cnn3C)OC12. The smallest absolute Gasteiger partial charge is 0.163 e. The fraction of sp³-hybridized carbons (Fsp3) is 0.667. The highest BCUT2D eigenvalue weighted by Gasteiger charge is 2.67. The van der Waals surface area contributed by atoms with E-state index in [4.69, 9.17) is 9.47 Å². The van der Waals surface area contributed by atoms with E-state index in [-0.39, 0.29) is 17.8 Å². The molecule has 3 heterocycles. The minimum atomic E-state index is -0.233. The molecule has 0 radical (unpaired) electrons. The van der Waals surface area contributed by atoms with E-state index in [1.54, 1.807) is 6.20 Å². The van der Waals surface area contributed by atoms with E-state index in [1.165, 1.54) is 0 Å². The summed E-state index contributed by atoms with van der Waals surface area (Å²) >= 11 is 3.49. The molecule has 0 bridgehead atoms. The Bertz CT molecular complexity index is 373. The Hall–Kier alpha value is -0.390. The van der Waals surface area contributed by atoms with E-state index in [2.05, 4.69) is 21.0 Å². The van der Waals surface area contributed by atoms with E-state index < -0.39 is 0 Å². The lowest BCUT2D eigenvalue weighted by atomic mass is 10.0. The van der Waals surface area contributed by atoms with Crippen molar-refractivity contribution in [2.75, 3.05) is 6.61 Å². The van der Waals surface area contributed by atoms with Gasteiger partial charge in [-0.2, -0.15) is 5.10 Å². The summed E-state index contributed by atoms with van der Waals surface area (Å²) in [6.07, 6.45) is 2.19. The highest BCUT2D eigenvalue weighted by atomic mass is 79.9. The second-order valence-electron chi connectivity index (χ2n) is 3.91. The molecular formula is C9H11BrN2O2. The van der Waals surface area contributed by atoms with Gasteiger partial charge in [0.15, 0.2) is 5.60 Å². The first-order chi connectivity index (χ1) is 6.65. The van der Waals surface area contributed by atoms with Gasteiger partial charge in [0.25, 0.3) is 0 Å². The molecule has 0 aliphatic carbocycles. The van der Waals surface area contributed by atoms with Crippen LogP contribution in [0.4, 0.5) is 0 Å². The lowest BCUT2D eigenvalue weighted by molar-refractivity contribution is 0.0170. The van der Waals surface area contributed by atoms with Crippen LogP contribution >= 0.6 is 15.9 Å². The number of nitrogens with zero attached hydrogens (tertiary/aromatic N) is 2. The first kappa shape index (κ1) is 8.88. The van der Waals surface area contributed by atoms with Crippen LogP contribution in [0.2, 0.25) is 0 Å². The second-order valence-corrected chi connectivity index (χ2v) is 4.76. The number of aryl methyl sites for hydroxylation is 1. The summed E-state index contributed by atoms with van der Waals surface area (Å²) in [5.74, 6) is 0. The number of fused-ring (bicyclic) bond motifs is 1. The standard InChI is InChI=1S/C9H11BrN2O2/c1-5-8-9(14-8,4-13-5)7-6(10)3-11-12(7)2/h3,5,8H,4H2,1-2H3. The van der Waals surface area contributed by atoms with Crippen LogP contribution in [-0.2, 0) is 22.1 Å². The lowest BCUT2D eigenvalue weighted by Gasteiger charge is -2.09. The Labute approximate surface area is 90.3 Å². The third-order valence-corrected chi connectivity index (χ3v) is 3.60. The molecule has 1 aromatic heterocycles. The van der Waals surface area contributed by atoms with Crippen LogP contribution in [0.25, 0.3) is 0 Å². The van der Waals surface area contributed by atoms with Gasteiger partial charge in [0.2, 0.25) is 0 Å². The second kappa shape index (κ2) is 2.59. The fourth-order valence-corrected chi connectivity index (χ4v) is 2.96. The summed E-state index contributed by atoms with van der Waals surface area (Å²) < 4.78 is 14.2. The van der Waals surface area contributed by atoms with E-state index >= 15 is 0 Å². The molecule has 2 aliphatic heterocycles. The van der Waals surface area contributed by atoms with Crippen molar-refractivity contribution in [3.8, 4) is 0 Å². The third kappa shape index (κ3) is 0.924. The fourth-order valence-electron chi connectivity index (χ4n) is 2.27. The number of aromatic nitrogens is 2. The maximum Gasteiger partial charge on any atom is 0.163 e.